The van der Waals surface area contributed by atoms with Gasteiger partial charge >= 0.3 is 0 Å². The first-order valence-corrected chi connectivity index (χ1v) is 14.2. The first-order chi connectivity index (χ1) is 18.5. The van der Waals surface area contributed by atoms with Gasteiger partial charge in [-0.15, -0.1) is 0 Å². The van der Waals surface area contributed by atoms with Gasteiger partial charge < -0.3 is 4.74 Å². The second-order valence-corrected chi connectivity index (χ2v) is 11.2. The normalized spacial score (nSPS) is 15.2. The zero-order chi connectivity index (χ0) is 27.9. The summed E-state index contributed by atoms with van der Waals surface area (Å²) in [5.74, 6) is 0.0265. The van der Waals surface area contributed by atoms with Crippen molar-refractivity contribution >= 4 is 54.5 Å². The fourth-order valence-electron chi connectivity index (χ4n) is 4.34. The molecule has 1 aliphatic rings. The number of amidine groups is 1. The maximum Gasteiger partial charge on any atom is 0.297 e. The van der Waals surface area contributed by atoms with Crippen LogP contribution in [0.1, 0.15) is 11.1 Å². The number of benzene rings is 4. The first kappa shape index (κ1) is 26.3. The van der Waals surface area contributed by atoms with Crippen LogP contribution in [0.25, 0.3) is 16.8 Å². The standard InChI is InChI=1S/C27H20N2O8S2/c1-37-19-12-10-17(11-13-19)16-22-27(30)29(26(28-22)18-6-3-2-4-7-18)23-15-14-20-21(25(23)39(34,35)36)8-5-9-24(20)38(31,32)33/h2-16H,1H3,(H,31,32,33)(H,34,35,36)/b22-16-. The number of ether oxygens (including phenoxy) is 1. The smallest absolute Gasteiger partial charge is 0.297 e. The van der Waals surface area contributed by atoms with E-state index in [-0.39, 0.29) is 28.0 Å². The molecule has 0 bridgehead atoms. The molecule has 0 saturated heterocycles. The van der Waals surface area contributed by atoms with Crippen LogP contribution in [-0.2, 0) is 25.0 Å². The van der Waals surface area contributed by atoms with Gasteiger partial charge in [0.1, 0.15) is 27.1 Å². The predicted molar refractivity (Wildman–Crippen MR) is 145 cm³/mol. The molecular weight excluding hydrogens is 544 g/mol. The van der Waals surface area contributed by atoms with Crippen LogP contribution < -0.4 is 9.64 Å². The predicted octanol–water partition coefficient (Wildman–Crippen LogP) is 4.18. The van der Waals surface area contributed by atoms with Crippen LogP contribution in [-0.4, -0.2) is 44.8 Å². The summed E-state index contributed by atoms with van der Waals surface area (Å²) in [5, 5.41) is -0.367. The van der Waals surface area contributed by atoms with Crippen LogP contribution in [0.15, 0.2) is 105 Å². The minimum absolute atomic E-state index is 0.00732. The lowest BCUT2D eigenvalue weighted by Gasteiger charge is -2.22. The Labute approximate surface area is 224 Å². The molecule has 10 nitrogen and oxygen atoms in total. The van der Waals surface area contributed by atoms with Crippen molar-refractivity contribution in [3.8, 4) is 5.75 Å². The third-order valence-electron chi connectivity index (χ3n) is 6.04. The van der Waals surface area contributed by atoms with Crippen LogP contribution in [0.5, 0.6) is 5.75 Å². The first-order valence-electron chi connectivity index (χ1n) is 11.3. The Hall–Kier alpha value is -4.36. The lowest BCUT2D eigenvalue weighted by Crippen LogP contribution is -2.34. The van der Waals surface area contributed by atoms with E-state index < -0.39 is 35.9 Å². The molecule has 2 N–H and O–H groups in total. The number of hydrogen-bond donors (Lipinski definition) is 2. The summed E-state index contributed by atoms with van der Waals surface area (Å²) in [7, 11) is -8.24. The number of rotatable bonds is 6. The summed E-state index contributed by atoms with van der Waals surface area (Å²) in [6, 6.07) is 21.4. The van der Waals surface area contributed by atoms with Crippen LogP contribution in [0.2, 0.25) is 0 Å². The van der Waals surface area contributed by atoms with E-state index in [2.05, 4.69) is 4.99 Å². The molecule has 0 radical (unpaired) electrons. The molecule has 1 amide bonds. The number of aliphatic imine (C=N–C) groups is 1. The Bertz CT molecular complexity index is 1900. The molecule has 0 fully saturated rings. The van der Waals surface area contributed by atoms with Gasteiger partial charge in [-0.3, -0.25) is 18.8 Å². The molecule has 1 aliphatic heterocycles. The van der Waals surface area contributed by atoms with Gasteiger partial charge in [-0.1, -0.05) is 60.7 Å². The molecule has 198 valence electrons. The van der Waals surface area contributed by atoms with Crippen molar-refractivity contribution in [3.05, 3.63) is 102 Å². The van der Waals surface area contributed by atoms with Crippen molar-refractivity contribution in [2.24, 2.45) is 4.99 Å². The summed E-state index contributed by atoms with van der Waals surface area (Å²) < 4.78 is 74.4. The molecule has 1 heterocycles. The Morgan fingerprint density at radius 1 is 0.795 bits per heavy atom. The summed E-state index contributed by atoms with van der Waals surface area (Å²) in [5.41, 5.74) is 0.857. The molecule has 4 aromatic rings. The highest BCUT2D eigenvalue weighted by Crippen LogP contribution is 2.38. The van der Waals surface area contributed by atoms with E-state index in [4.69, 9.17) is 4.74 Å². The van der Waals surface area contributed by atoms with Gasteiger partial charge in [0, 0.05) is 16.3 Å². The number of carbonyl (C=O) groups excluding carboxylic acids is 1. The lowest BCUT2D eigenvalue weighted by molar-refractivity contribution is -0.113. The second kappa shape index (κ2) is 9.75. The highest BCUT2D eigenvalue weighted by Gasteiger charge is 2.37. The number of nitrogens with zero attached hydrogens (tertiary/aromatic N) is 2. The van der Waals surface area contributed by atoms with E-state index in [1.165, 1.54) is 37.5 Å². The number of carbonyl (C=O) groups is 1. The molecule has 0 aliphatic carbocycles. The fraction of sp³-hybridized carbons (Fsp3) is 0.0370. The van der Waals surface area contributed by atoms with Crippen molar-refractivity contribution in [1.29, 1.82) is 0 Å². The van der Waals surface area contributed by atoms with Crippen molar-refractivity contribution in [1.82, 2.24) is 0 Å². The van der Waals surface area contributed by atoms with Gasteiger partial charge in [-0.2, -0.15) is 16.8 Å². The lowest BCUT2D eigenvalue weighted by atomic mass is 10.1. The third kappa shape index (κ3) is 4.93. The minimum Gasteiger partial charge on any atom is -0.497 e. The summed E-state index contributed by atoms with van der Waals surface area (Å²) in [6.45, 7) is 0. The number of methoxy groups -OCH3 is 1. The molecule has 0 saturated carbocycles. The minimum atomic E-state index is -5.03. The maximum atomic E-state index is 13.8. The molecule has 5 rings (SSSR count). The van der Waals surface area contributed by atoms with E-state index in [9.17, 15) is 30.7 Å². The van der Waals surface area contributed by atoms with Crippen molar-refractivity contribution < 1.29 is 35.5 Å². The summed E-state index contributed by atoms with van der Waals surface area (Å²) >= 11 is 0. The fourth-order valence-corrected chi connectivity index (χ4v) is 5.93. The zero-order valence-corrected chi connectivity index (χ0v) is 21.8. The molecule has 4 aromatic carbocycles. The van der Waals surface area contributed by atoms with Crippen LogP contribution in [0.3, 0.4) is 0 Å². The number of anilines is 1. The SMILES string of the molecule is COc1ccc(/C=C2\N=C(c3ccccc3)N(c3ccc4c(S(=O)(=O)O)cccc4c3S(=O)(=O)O)C2=O)cc1. The highest BCUT2D eigenvalue weighted by molar-refractivity contribution is 7.86. The molecule has 39 heavy (non-hydrogen) atoms. The summed E-state index contributed by atoms with van der Waals surface area (Å²) in [6.07, 6.45) is 1.52. The van der Waals surface area contributed by atoms with E-state index in [1.807, 2.05) is 0 Å². The van der Waals surface area contributed by atoms with Crippen LogP contribution >= 0.6 is 0 Å². The van der Waals surface area contributed by atoms with Crippen molar-refractivity contribution in [2.45, 2.75) is 9.79 Å². The Kier molecular flexibility index (Phi) is 6.56. The largest absolute Gasteiger partial charge is 0.497 e. The monoisotopic (exact) mass is 564 g/mol. The third-order valence-corrected chi connectivity index (χ3v) is 7.90. The van der Waals surface area contributed by atoms with Gasteiger partial charge in [0.15, 0.2) is 0 Å². The van der Waals surface area contributed by atoms with Gasteiger partial charge in [-0.25, -0.2) is 4.99 Å². The van der Waals surface area contributed by atoms with Gasteiger partial charge in [0.2, 0.25) is 0 Å². The quantitative estimate of drug-likeness (QED) is 0.262. The van der Waals surface area contributed by atoms with Gasteiger partial charge in [0.05, 0.1) is 12.8 Å². The number of amides is 1. The van der Waals surface area contributed by atoms with E-state index in [1.54, 1.807) is 54.6 Å². The maximum absolute atomic E-state index is 13.8. The summed E-state index contributed by atoms with van der Waals surface area (Å²) in [4.78, 5) is 18.1. The molecule has 0 spiro atoms. The van der Waals surface area contributed by atoms with Gasteiger partial charge in [0.25, 0.3) is 26.1 Å². The van der Waals surface area contributed by atoms with Crippen molar-refractivity contribution in [2.75, 3.05) is 12.0 Å². The van der Waals surface area contributed by atoms with E-state index in [0.29, 0.717) is 16.9 Å². The second-order valence-electron chi connectivity index (χ2n) is 8.46. The molecule has 0 aromatic heterocycles. The topological polar surface area (TPSA) is 151 Å². The number of hydrogen-bond acceptors (Lipinski definition) is 7. The molecule has 0 atom stereocenters. The van der Waals surface area contributed by atoms with Crippen LogP contribution in [0.4, 0.5) is 5.69 Å². The van der Waals surface area contributed by atoms with Crippen LogP contribution in [0, 0.1) is 0 Å². The Morgan fingerprint density at radius 3 is 2.10 bits per heavy atom. The van der Waals surface area contributed by atoms with E-state index >= 15 is 0 Å². The molecule has 12 heteroatoms. The molecular formula is C27H20N2O8S2. The Morgan fingerprint density at radius 2 is 1.49 bits per heavy atom. The van der Waals surface area contributed by atoms with E-state index in [0.717, 1.165) is 11.0 Å². The van der Waals surface area contributed by atoms with Gasteiger partial charge in [-0.05, 0) is 35.9 Å². The Balaban J connectivity index is 1.77. The zero-order valence-electron chi connectivity index (χ0n) is 20.2. The average molecular weight is 565 g/mol. The van der Waals surface area contributed by atoms with Crippen molar-refractivity contribution in [3.63, 3.8) is 0 Å². The molecule has 0 unspecified atom stereocenters. The number of fused-ring (bicyclic) bond motifs is 1. The highest BCUT2D eigenvalue weighted by atomic mass is 32.2. The average Bonchev–Trinajstić information content (AvgIpc) is 3.22.